The Morgan fingerprint density at radius 1 is 1.35 bits per heavy atom. The van der Waals surface area contributed by atoms with Crippen molar-refractivity contribution in [3.05, 3.63) is 23.8 Å². The number of unbranched alkanes of at least 4 members (excludes halogenated alkanes) is 1. The summed E-state index contributed by atoms with van der Waals surface area (Å²) < 4.78 is 28.0. The van der Waals surface area contributed by atoms with Crippen molar-refractivity contribution in [3.8, 4) is 5.75 Å². The molecule has 0 spiro atoms. The predicted octanol–water partition coefficient (Wildman–Crippen LogP) is 1.26. The van der Waals surface area contributed by atoms with E-state index in [-0.39, 0.29) is 16.4 Å². The van der Waals surface area contributed by atoms with Gasteiger partial charge in [0.15, 0.2) is 0 Å². The fraction of sp³-hybridized carbons (Fsp3) is 0.462. The molecule has 0 aliphatic carbocycles. The Balaban J connectivity index is 3.08. The lowest BCUT2D eigenvalue weighted by molar-refractivity contribution is 0.0949. The molecule has 20 heavy (non-hydrogen) atoms. The summed E-state index contributed by atoms with van der Waals surface area (Å²) >= 11 is 0. The van der Waals surface area contributed by atoms with Crippen LogP contribution >= 0.6 is 0 Å². The van der Waals surface area contributed by atoms with Crippen LogP contribution < -0.4 is 15.2 Å². The van der Waals surface area contributed by atoms with Crippen LogP contribution in [0.15, 0.2) is 23.1 Å². The average molecular weight is 300 g/mol. The molecule has 3 N–H and O–H groups in total. The zero-order chi connectivity index (χ0) is 15.2. The van der Waals surface area contributed by atoms with Gasteiger partial charge in [0.2, 0.25) is 10.0 Å². The average Bonchev–Trinajstić information content (AvgIpc) is 2.38. The lowest BCUT2D eigenvalue weighted by atomic mass is 10.2. The Morgan fingerprint density at radius 2 is 2.05 bits per heavy atom. The SMILES string of the molecule is CCCCNC(=O)c1cc(S(N)(=O)=O)ccc1OCC. The summed E-state index contributed by atoms with van der Waals surface area (Å²) in [5.41, 5.74) is 0.175. The van der Waals surface area contributed by atoms with Crippen LogP contribution in [0.25, 0.3) is 0 Å². The lowest BCUT2D eigenvalue weighted by Crippen LogP contribution is -2.25. The van der Waals surface area contributed by atoms with E-state index in [4.69, 9.17) is 9.88 Å². The van der Waals surface area contributed by atoms with Gasteiger partial charge in [-0.1, -0.05) is 13.3 Å². The first kappa shape index (κ1) is 16.5. The molecule has 112 valence electrons. The summed E-state index contributed by atoms with van der Waals surface area (Å²) in [5.74, 6) is -0.0266. The summed E-state index contributed by atoms with van der Waals surface area (Å²) in [4.78, 5) is 12.0. The van der Waals surface area contributed by atoms with Crippen molar-refractivity contribution in [2.75, 3.05) is 13.2 Å². The Kier molecular flexibility index (Phi) is 5.97. The van der Waals surface area contributed by atoms with E-state index in [1.54, 1.807) is 6.92 Å². The molecule has 0 unspecified atom stereocenters. The summed E-state index contributed by atoms with van der Waals surface area (Å²) in [6.07, 6.45) is 1.81. The third-order valence-electron chi connectivity index (χ3n) is 2.64. The van der Waals surface area contributed by atoms with E-state index in [9.17, 15) is 13.2 Å². The third-order valence-corrected chi connectivity index (χ3v) is 3.55. The molecule has 0 saturated carbocycles. The van der Waals surface area contributed by atoms with Crippen LogP contribution in [0.5, 0.6) is 5.75 Å². The summed E-state index contributed by atoms with van der Waals surface area (Å²) in [6.45, 7) is 4.70. The highest BCUT2D eigenvalue weighted by Gasteiger charge is 2.17. The lowest BCUT2D eigenvalue weighted by Gasteiger charge is -2.11. The number of rotatable bonds is 7. The first-order valence-electron chi connectivity index (χ1n) is 6.48. The third kappa shape index (κ3) is 4.50. The van der Waals surface area contributed by atoms with Crippen molar-refractivity contribution in [1.29, 1.82) is 0 Å². The van der Waals surface area contributed by atoms with Crippen LogP contribution in [-0.4, -0.2) is 27.5 Å². The van der Waals surface area contributed by atoms with E-state index >= 15 is 0 Å². The van der Waals surface area contributed by atoms with Gasteiger partial charge in [-0.05, 0) is 31.5 Å². The molecular formula is C13H20N2O4S. The van der Waals surface area contributed by atoms with E-state index in [1.807, 2.05) is 6.92 Å². The molecular weight excluding hydrogens is 280 g/mol. The molecule has 0 radical (unpaired) electrons. The second-order valence-corrected chi connectivity index (χ2v) is 5.81. The second kappa shape index (κ2) is 7.25. The maximum absolute atomic E-state index is 12.1. The summed E-state index contributed by atoms with van der Waals surface area (Å²) in [6, 6.07) is 4.00. The largest absolute Gasteiger partial charge is 0.493 e. The number of amides is 1. The maximum Gasteiger partial charge on any atom is 0.255 e. The highest BCUT2D eigenvalue weighted by Crippen LogP contribution is 2.22. The van der Waals surface area contributed by atoms with E-state index in [0.717, 1.165) is 12.8 Å². The van der Waals surface area contributed by atoms with E-state index in [2.05, 4.69) is 5.32 Å². The Morgan fingerprint density at radius 3 is 2.60 bits per heavy atom. The maximum atomic E-state index is 12.1. The van der Waals surface area contributed by atoms with E-state index < -0.39 is 10.0 Å². The normalized spacial score (nSPS) is 11.2. The van der Waals surface area contributed by atoms with Gasteiger partial charge in [-0.15, -0.1) is 0 Å². The molecule has 0 atom stereocenters. The van der Waals surface area contributed by atoms with Gasteiger partial charge < -0.3 is 10.1 Å². The number of carbonyl (C=O) groups is 1. The number of hydrogen-bond acceptors (Lipinski definition) is 4. The molecule has 1 amide bonds. The van der Waals surface area contributed by atoms with Crippen molar-refractivity contribution >= 4 is 15.9 Å². The molecule has 0 aromatic heterocycles. The second-order valence-electron chi connectivity index (χ2n) is 4.25. The van der Waals surface area contributed by atoms with E-state index in [0.29, 0.717) is 18.9 Å². The van der Waals surface area contributed by atoms with Crippen LogP contribution in [-0.2, 0) is 10.0 Å². The van der Waals surface area contributed by atoms with Crippen LogP contribution in [0.4, 0.5) is 0 Å². The first-order chi connectivity index (χ1) is 9.40. The molecule has 1 aromatic rings. The minimum Gasteiger partial charge on any atom is -0.493 e. The Hall–Kier alpha value is -1.60. The van der Waals surface area contributed by atoms with Gasteiger partial charge in [0, 0.05) is 6.54 Å². The van der Waals surface area contributed by atoms with Crippen molar-refractivity contribution in [3.63, 3.8) is 0 Å². The van der Waals surface area contributed by atoms with Gasteiger partial charge in [0.05, 0.1) is 17.1 Å². The molecule has 0 heterocycles. The fourth-order valence-electron chi connectivity index (χ4n) is 1.62. The monoisotopic (exact) mass is 300 g/mol. The van der Waals surface area contributed by atoms with Gasteiger partial charge in [0.1, 0.15) is 5.75 Å². The smallest absolute Gasteiger partial charge is 0.255 e. The van der Waals surface area contributed by atoms with E-state index in [1.165, 1.54) is 18.2 Å². The molecule has 0 saturated heterocycles. The minimum atomic E-state index is -3.85. The summed E-state index contributed by atoms with van der Waals surface area (Å²) in [7, 11) is -3.85. The van der Waals surface area contributed by atoms with Crippen LogP contribution in [0.1, 0.15) is 37.0 Å². The van der Waals surface area contributed by atoms with Gasteiger partial charge >= 0.3 is 0 Å². The van der Waals surface area contributed by atoms with Crippen molar-refractivity contribution in [2.24, 2.45) is 5.14 Å². The van der Waals surface area contributed by atoms with Gasteiger partial charge in [-0.3, -0.25) is 4.79 Å². The quantitative estimate of drug-likeness (QED) is 0.741. The first-order valence-corrected chi connectivity index (χ1v) is 8.02. The molecule has 6 nitrogen and oxygen atoms in total. The molecule has 7 heteroatoms. The number of hydrogen-bond donors (Lipinski definition) is 2. The topological polar surface area (TPSA) is 98.5 Å². The zero-order valence-electron chi connectivity index (χ0n) is 11.7. The predicted molar refractivity (Wildman–Crippen MR) is 76.2 cm³/mol. The fourth-order valence-corrected chi connectivity index (χ4v) is 2.16. The van der Waals surface area contributed by atoms with Gasteiger partial charge in [-0.25, -0.2) is 13.6 Å². The number of nitrogens with one attached hydrogen (secondary N) is 1. The van der Waals surface area contributed by atoms with Crippen molar-refractivity contribution < 1.29 is 17.9 Å². The van der Waals surface area contributed by atoms with Crippen molar-refractivity contribution in [2.45, 2.75) is 31.6 Å². The molecule has 1 aromatic carbocycles. The molecule has 1 rings (SSSR count). The van der Waals surface area contributed by atoms with Gasteiger partial charge in [0.25, 0.3) is 5.91 Å². The van der Waals surface area contributed by atoms with Crippen LogP contribution in [0.3, 0.4) is 0 Å². The highest BCUT2D eigenvalue weighted by atomic mass is 32.2. The minimum absolute atomic E-state index is 0.110. The molecule has 0 aliphatic heterocycles. The molecule has 0 aliphatic rings. The van der Waals surface area contributed by atoms with Crippen LogP contribution in [0, 0.1) is 0 Å². The van der Waals surface area contributed by atoms with Gasteiger partial charge in [-0.2, -0.15) is 0 Å². The molecule has 0 fully saturated rings. The number of sulfonamides is 1. The van der Waals surface area contributed by atoms with Crippen molar-refractivity contribution in [1.82, 2.24) is 5.32 Å². The Labute approximate surface area is 119 Å². The molecule has 0 bridgehead atoms. The number of carbonyl (C=O) groups excluding carboxylic acids is 1. The van der Waals surface area contributed by atoms with Crippen LogP contribution in [0.2, 0.25) is 0 Å². The highest BCUT2D eigenvalue weighted by molar-refractivity contribution is 7.89. The zero-order valence-corrected chi connectivity index (χ0v) is 12.5. The number of ether oxygens (including phenoxy) is 1. The summed E-state index contributed by atoms with van der Waals surface area (Å²) in [5, 5.41) is 7.79. The number of primary sulfonamides is 1. The Bertz CT molecular complexity index is 570. The number of nitrogens with two attached hydrogens (primary N) is 1. The number of benzene rings is 1. The standard InChI is InChI=1S/C13H20N2O4S/c1-3-5-8-15-13(16)11-9-10(20(14,17)18)6-7-12(11)19-4-2/h6-7,9H,3-5,8H2,1-2H3,(H,15,16)(H2,14,17,18).